The Bertz CT molecular complexity index is 395. The van der Waals surface area contributed by atoms with Crippen molar-refractivity contribution in [3.8, 4) is 11.5 Å². The first-order valence-electron chi connectivity index (χ1n) is 4.33. The van der Waals surface area contributed by atoms with E-state index in [9.17, 15) is 10.2 Å². The number of phenols is 2. The summed E-state index contributed by atoms with van der Waals surface area (Å²) in [6, 6.07) is 1.65. The summed E-state index contributed by atoms with van der Waals surface area (Å²) < 4.78 is 0.628. The zero-order valence-electron chi connectivity index (χ0n) is 8.43. The number of halogens is 1. The fourth-order valence-electron chi connectivity index (χ4n) is 1.16. The molecule has 0 aromatic heterocycles. The van der Waals surface area contributed by atoms with Gasteiger partial charge in [0.15, 0.2) is 0 Å². The summed E-state index contributed by atoms with van der Waals surface area (Å²) in [4.78, 5) is 0. The largest absolute Gasteiger partial charge is 0.508 e. The summed E-state index contributed by atoms with van der Waals surface area (Å²) in [7, 11) is 0. The number of allylic oxidation sites excluding steroid dienone is 2. The lowest BCUT2D eigenvalue weighted by atomic mass is 10.0. The Hall–Kier alpha value is -0.960. The van der Waals surface area contributed by atoms with Crippen LogP contribution in [0.25, 0.3) is 5.57 Å². The zero-order valence-corrected chi connectivity index (χ0v) is 10.0. The molecule has 0 spiro atoms. The molecule has 1 aromatic rings. The monoisotopic (exact) mass is 256 g/mol. The van der Waals surface area contributed by atoms with Crippen LogP contribution in [0.2, 0.25) is 0 Å². The maximum absolute atomic E-state index is 9.68. The van der Waals surface area contributed by atoms with E-state index in [2.05, 4.69) is 15.9 Å². The minimum Gasteiger partial charge on any atom is -0.508 e. The first-order chi connectivity index (χ1) is 6.49. The van der Waals surface area contributed by atoms with Gasteiger partial charge in [0.1, 0.15) is 11.5 Å². The molecule has 0 fully saturated rings. The summed E-state index contributed by atoms with van der Waals surface area (Å²) in [5.74, 6) is 0.211. The van der Waals surface area contributed by atoms with Gasteiger partial charge < -0.3 is 10.2 Å². The van der Waals surface area contributed by atoms with E-state index in [1.54, 1.807) is 13.0 Å². The Morgan fingerprint density at radius 2 is 2.00 bits per heavy atom. The van der Waals surface area contributed by atoms with Gasteiger partial charge in [0.2, 0.25) is 0 Å². The van der Waals surface area contributed by atoms with Crippen LogP contribution in [0, 0.1) is 6.92 Å². The number of rotatable bonds is 1. The zero-order chi connectivity index (χ0) is 10.9. The van der Waals surface area contributed by atoms with Gasteiger partial charge >= 0.3 is 0 Å². The first kappa shape index (κ1) is 11.1. The lowest BCUT2D eigenvalue weighted by molar-refractivity contribution is 0.440. The molecule has 0 aliphatic carbocycles. The molecule has 0 unspecified atom stereocenters. The second kappa shape index (κ2) is 4.05. The molecule has 0 aliphatic heterocycles. The maximum Gasteiger partial charge on any atom is 0.136 e. The quantitative estimate of drug-likeness (QED) is 0.807. The average Bonchev–Trinajstić information content (AvgIpc) is 2.19. The van der Waals surface area contributed by atoms with Crippen LogP contribution in [0.1, 0.15) is 25.0 Å². The second-order valence-electron chi connectivity index (χ2n) is 3.20. The van der Waals surface area contributed by atoms with E-state index in [0.717, 1.165) is 11.1 Å². The summed E-state index contributed by atoms with van der Waals surface area (Å²) in [5.41, 5.74) is 2.31. The molecule has 76 valence electrons. The first-order valence-corrected chi connectivity index (χ1v) is 5.12. The standard InChI is InChI=1S/C11H13BrO2/c1-4-6(2)8-5-9(13)7(3)11(14)10(8)12/h4-5,13-14H,1-3H3/b6-4+. The van der Waals surface area contributed by atoms with E-state index in [-0.39, 0.29) is 11.5 Å². The molecule has 0 bridgehead atoms. The number of hydrogen-bond donors (Lipinski definition) is 2. The van der Waals surface area contributed by atoms with Gasteiger partial charge in [-0.05, 0) is 53.9 Å². The number of phenolic OH excluding ortho intramolecular Hbond substituents is 2. The van der Waals surface area contributed by atoms with Gasteiger partial charge in [-0.2, -0.15) is 0 Å². The van der Waals surface area contributed by atoms with Gasteiger partial charge in [0.05, 0.1) is 4.47 Å². The predicted molar refractivity (Wildman–Crippen MR) is 61.5 cm³/mol. The Labute approximate surface area is 92.0 Å². The average molecular weight is 257 g/mol. The molecule has 0 saturated carbocycles. The highest BCUT2D eigenvalue weighted by atomic mass is 79.9. The third-order valence-corrected chi connectivity index (χ3v) is 3.13. The van der Waals surface area contributed by atoms with E-state index >= 15 is 0 Å². The molecule has 2 N–H and O–H groups in total. The molecule has 0 amide bonds. The van der Waals surface area contributed by atoms with Crippen molar-refractivity contribution >= 4 is 21.5 Å². The normalized spacial score (nSPS) is 11.9. The summed E-state index contributed by atoms with van der Waals surface area (Å²) in [6.45, 7) is 5.51. The van der Waals surface area contributed by atoms with Crippen LogP contribution in [-0.2, 0) is 0 Å². The molecule has 0 radical (unpaired) electrons. The van der Waals surface area contributed by atoms with Crippen molar-refractivity contribution in [3.05, 3.63) is 27.7 Å². The minimum atomic E-state index is 0.0983. The third-order valence-electron chi connectivity index (χ3n) is 2.32. The third kappa shape index (κ3) is 1.77. The van der Waals surface area contributed by atoms with E-state index in [1.807, 2.05) is 19.9 Å². The number of aromatic hydroxyl groups is 2. The summed E-state index contributed by atoms with van der Waals surface area (Å²) in [5, 5.41) is 19.2. The van der Waals surface area contributed by atoms with Gasteiger partial charge in [-0.3, -0.25) is 0 Å². The van der Waals surface area contributed by atoms with Crippen molar-refractivity contribution in [2.75, 3.05) is 0 Å². The SMILES string of the molecule is C/C=C(\C)c1cc(O)c(C)c(O)c1Br. The molecule has 1 rings (SSSR count). The van der Waals surface area contributed by atoms with Crippen LogP contribution in [0.4, 0.5) is 0 Å². The number of benzene rings is 1. The number of hydrogen-bond acceptors (Lipinski definition) is 2. The van der Waals surface area contributed by atoms with Crippen LogP contribution in [-0.4, -0.2) is 10.2 Å². The van der Waals surface area contributed by atoms with Crippen LogP contribution < -0.4 is 0 Å². The smallest absolute Gasteiger partial charge is 0.136 e. The maximum atomic E-state index is 9.68. The van der Waals surface area contributed by atoms with Gasteiger partial charge in [-0.15, -0.1) is 0 Å². The fourth-order valence-corrected chi connectivity index (χ4v) is 1.89. The molecule has 1 aromatic carbocycles. The van der Waals surface area contributed by atoms with Crippen LogP contribution in [0.3, 0.4) is 0 Å². The van der Waals surface area contributed by atoms with Crippen molar-refractivity contribution in [1.29, 1.82) is 0 Å². The van der Waals surface area contributed by atoms with Crippen molar-refractivity contribution in [2.45, 2.75) is 20.8 Å². The summed E-state index contributed by atoms with van der Waals surface area (Å²) in [6.07, 6.45) is 1.92. The molecule has 0 heterocycles. The molecule has 0 aliphatic rings. The van der Waals surface area contributed by atoms with Gasteiger partial charge in [0.25, 0.3) is 0 Å². The fraction of sp³-hybridized carbons (Fsp3) is 0.273. The van der Waals surface area contributed by atoms with E-state index < -0.39 is 0 Å². The van der Waals surface area contributed by atoms with E-state index in [4.69, 9.17) is 0 Å². The Morgan fingerprint density at radius 1 is 1.43 bits per heavy atom. The van der Waals surface area contributed by atoms with Crippen LogP contribution in [0.5, 0.6) is 11.5 Å². The Kier molecular flexibility index (Phi) is 3.21. The van der Waals surface area contributed by atoms with Gasteiger partial charge in [-0.1, -0.05) is 6.08 Å². The highest BCUT2D eigenvalue weighted by Gasteiger charge is 2.12. The van der Waals surface area contributed by atoms with Gasteiger partial charge in [-0.25, -0.2) is 0 Å². The highest BCUT2D eigenvalue weighted by molar-refractivity contribution is 9.10. The second-order valence-corrected chi connectivity index (χ2v) is 4.00. The molecular weight excluding hydrogens is 244 g/mol. The molecule has 3 heteroatoms. The molecule has 2 nitrogen and oxygen atoms in total. The van der Waals surface area contributed by atoms with Crippen molar-refractivity contribution < 1.29 is 10.2 Å². The van der Waals surface area contributed by atoms with Crippen LogP contribution >= 0.6 is 15.9 Å². The topological polar surface area (TPSA) is 40.5 Å². The lowest BCUT2D eigenvalue weighted by Crippen LogP contribution is -1.86. The minimum absolute atomic E-state index is 0.0983. The van der Waals surface area contributed by atoms with Crippen molar-refractivity contribution in [3.63, 3.8) is 0 Å². The van der Waals surface area contributed by atoms with Crippen LogP contribution in [0.15, 0.2) is 16.6 Å². The Balaban J connectivity index is 3.48. The van der Waals surface area contributed by atoms with Crippen molar-refractivity contribution in [2.24, 2.45) is 0 Å². The van der Waals surface area contributed by atoms with E-state index in [0.29, 0.717) is 10.0 Å². The predicted octanol–water partition coefficient (Wildman–Crippen LogP) is 3.59. The molecule has 0 saturated heterocycles. The highest BCUT2D eigenvalue weighted by Crippen LogP contribution is 2.39. The molecule has 0 atom stereocenters. The molecular formula is C11H13BrO2. The Morgan fingerprint density at radius 3 is 2.50 bits per heavy atom. The summed E-state index contributed by atoms with van der Waals surface area (Å²) >= 11 is 3.30. The molecule has 14 heavy (non-hydrogen) atoms. The lowest BCUT2D eigenvalue weighted by Gasteiger charge is -2.10. The van der Waals surface area contributed by atoms with E-state index in [1.165, 1.54) is 0 Å². The van der Waals surface area contributed by atoms with Gasteiger partial charge in [0, 0.05) is 5.56 Å². The van der Waals surface area contributed by atoms with Crippen molar-refractivity contribution in [1.82, 2.24) is 0 Å².